The van der Waals surface area contributed by atoms with Crippen LogP contribution in [0.25, 0.3) is 11.2 Å². The molecule has 0 spiro atoms. The highest BCUT2D eigenvalue weighted by atomic mass is 35.5. The molecule has 0 amide bonds. The highest BCUT2D eigenvalue weighted by Crippen LogP contribution is 2.48. The molecule has 2 aromatic heterocycles. The molecule has 0 bridgehead atoms. The van der Waals surface area contributed by atoms with Crippen LogP contribution in [0.4, 0.5) is 0 Å². The van der Waals surface area contributed by atoms with Crippen molar-refractivity contribution >= 4 is 42.8 Å². The summed E-state index contributed by atoms with van der Waals surface area (Å²) in [5.74, 6) is -0.543. The maximum atomic E-state index is 11.1. The molecule has 0 N–H and O–H groups in total. The molecule has 0 radical (unpaired) electrons. The van der Waals surface area contributed by atoms with Crippen molar-refractivity contribution in [2.24, 2.45) is 5.92 Å². The molecule has 2 aliphatic rings. The van der Waals surface area contributed by atoms with E-state index < -0.39 is 5.79 Å². The Morgan fingerprint density at radius 2 is 2.08 bits per heavy atom. The second-order valence-electron chi connectivity index (χ2n) is 6.55. The zero-order chi connectivity index (χ0) is 17.1. The topological polar surface area (TPSA) is 79.1 Å². The summed E-state index contributed by atoms with van der Waals surface area (Å²) in [5.41, 5.74) is 1.07. The van der Waals surface area contributed by atoms with Crippen molar-refractivity contribution in [3.05, 3.63) is 16.8 Å². The van der Waals surface area contributed by atoms with Crippen LogP contribution in [-0.4, -0.2) is 43.7 Å². The van der Waals surface area contributed by atoms with Gasteiger partial charge in [0.25, 0.3) is 0 Å². The predicted octanol–water partition coefficient (Wildman–Crippen LogP) is 3.51. The van der Waals surface area contributed by atoms with Gasteiger partial charge in [-0.15, -0.1) is 0 Å². The fourth-order valence-corrected chi connectivity index (χ4v) is 4.67. The third-order valence-corrected chi connectivity index (χ3v) is 5.62. The smallest absolute Gasteiger partial charge is 0.225 e. The monoisotopic (exact) mass is 388 g/mol. The van der Waals surface area contributed by atoms with Crippen molar-refractivity contribution in [3.63, 3.8) is 0 Å². The molecule has 1 unspecified atom stereocenters. The van der Waals surface area contributed by atoms with Gasteiger partial charge in [-0.25, -0.2) is 9.97 Å². The summed E-state index contributed by atoms with van der Waals surface area (Å²) in [6.45, 7) is 3.77. The first-order chi connectivity index (χ1) is 11.4. The lowest BCUT2D eigenvalue weighted by molar-refractivity contribution is -0.159. The van der Waals surface area contributed by atoms with Crippen molar-refractivity contribution in [3.8, 4) is 0 Å². The third-order valence-electron chi connectivity index (χ3n) is 4.57. The lowest BCUT2D eigenvalue weighted by Crippen LogP contribution is -2.27. The lowest BCUT2D eigenvalue weighted by Gasteiger charge is -2.23. The average molecular weight is 389 g/mol. The summed E-state index contributed by atoms with van der Waals surface area (Å²) in [5, 5.41) is 0.291. The van der Waals surface area contributed by atoms with Crippen molar-refractivity contribution in [2.75, 3.05) is 6.16 Å². The van der Waals surface area contributed by atoms with Crippen molar-refractivity contribution in [2.45, 2.75) is 44.3 Å². The molecule has 1 saturated heterocycles. The van der Waals surface area contributed by atoms with Gasteiger partial charge in [0.2, 0.25) is 5.28 Å². The Morgan fingerprint density at radius 1 is 1.33 bits per heavy atom. The number of rotatable bonds is 3. The second kappa shape index (κ2) is 5.85. The molecule has 24 heavy (non-hydrogen) atoms. The van der Waals surface area contributed by atoms with E-state index in [1.54, 1.807) is 6.33 Å². The molecular weight excluding hydrogens is 374 g/mol. The molecule has 3 heterocycles. The maximum Gasteiger partial charge on any atom is 0.225 e. The van der Waals surface area contributed by atoms with E-state index >= 15 is 0 Å². The summed E-state index contributed by atoms with van der Waals surface area (Å²) >= 11 is 12.1. The summed E-state index contributed by atoms with van der Waals surface area (Å²) in [4.78, 5) is 12.5. The minimum absolute atomic E-state index is 0.0458. The number of aromatic nitrogens is 4. The first kappa shape index (κ1) is 16.6. The first-order valence-electron chi connectivity index (χ1n) is 7.60. The highest BCUT2D eigenvalue weighted by Gasteiger charge is 2.54. The Morgan fingerprint density at radius 3 is 2.83 bits per heavy atom. The van der Waals surface area contributed by atoms with Crippen LogP contribution < -0.4 is 0 Å². The second-order valence-corrected chi connectivity index (χ2v) is 7.87. The molecule has 0 aromatic carbocycles. The zero-order valence-corrected chi connectivity index (χ0v) is 15.4. The fraction of sp³-hybridized carbons (Fsp3) is 0.643. The van der Waals surface area contributed by atoms with Gasteiger partial charge in [-0.05, 0) is 31.9 Å². The first-order valence-corrected chi connectivity index (χ1v) is 9.35. The van der Waals surface area contributed by atoms with E-state index in [9.17, 15) is 4.57 Å². The molecule has 4 atom stereocenters. The molecule has 1 aliphatic heterocycles. The largest absolute Gasteiger partial charge is 0.344 e. The Bertz CT molecular complexity index is 815. The van der Waals surface area contributed by atoms with Gasteiger partial charge >= 0.3 is 0 Å². The fourth-order valence-electron chi connectivity index (χ4n) is 3.70. The lowest BCUT2D eigenvalue weighted by atomic mass is 10.1. The van der Waals surface area contributed by atoms with Crippen LogP contribution in [0.2, 0.25) is 10.4 Å². The Labute approximate surface area is 149 Å². The quantitative estimate of drug-likeness (QED) is 0.454. The molecule has 2 aromatic rings. The number of imidazole rings is 1. The molecule has 4 rings (SSSR count). The van der Waals surface area contributed by atoms with Gasteiger partial charge in [0, 0.05) is 12.1 Å². The molecule has 1 aliphatic carbocycles. The van der Waals surface area contributed by atoms with Gasteiger partial charge < -0.3 is 14.0 Å². The highest BCUT2D eigenvalue weighted by molar-refractivity contribution is 7.23. The van der Waals surface area contributed by atoms with Crippen LogP contribution in [0, 0.1) is 5.92 Å². The Kier molecular flexibility index (Phi) is 4.05. The number of fused-ring (bicyclic) bond motifs is 2. The number of hydrogen-bond acceptors (Lipinski definition) is 6. The predicted molar refractivity (Wildman–Crippen MR) is 88.8 cm³/mol. The van der Waals surface area contributed by atoms with Crippen LogP contribution in [0.1, 0.15) is 26.3 Å². The average Bonchev–Trinajstić information content (AvgIpc) is 3.12. The molecule has 7 nitrogen and oxygen atoms in total. The van der Waals surface area contributed by atoms with E-state index in [4.69, 9.17) is 32.7 Å². The number of hydrogen-bond donors (Lipinski definition) is 0. The van der Waals surface area contributed by atoms with Gasteiger partial charge in [0.1, 0.15) is 11.6 Å². The van der Waals surface area contributed by atoms with Crippen molar-refractivity contribution < 1.29 is 14.0 Å². The van der Waals surface area contributed by atoms with E-state index in [-0.39, 0.29) is 43.1 Å². The summed E-state index contributed by atoms with van der Waals surface area (Å²) in [6, 6.07) is -0.0458. The SMILES string of the molecule is CC1(C)OC2[C@@H](CP=O)C[C@@H](n3cnc4c(Cl)nc(Cl)nc43)[C@H]2O1. The normalized spacial score (nSPS) is 31.8. The van der Waals surface area contributed by atoms with Gasteiger partial charge in [0.15, 0.2) is 25.0 Å². The van der Waals surface area contributed by atoms with Crippen LogP contribution >= 0.6 is 31.7 Å². The van der Waals surface area contributed by atoms with Crippen LogP contribution in [0.3, 0.4) is 0 Å². The van der Waals surface area contributed by atoms with Gasteiger partial charge in [0.05, 0.1) is 18.5 Å². The van der Waals surface area contributed by atoms with Gasteiger partial charge in [-0.2, -0.15) is 4.98 Å². The summed E-state index contributed by atoms with van der Waals surface area (Å²) < 4.78 is 25.2. The summed E-state index contributed by atoms with van der Waals surface area (Å²) in [6.07, 6.45) is 2.68. The number of nitrogens with zero attached hydrogens (tertiary/aromatic N) is 4. The number of ether oxygens (including phenoxy) is 2. The molecule has 10 heteroatoms. The Hall–Kier alpha value is -0.850. The third kappa shape index (κ3) is 2.63. The van der Waals surface area contributed by atoms with Crippen molar-refractivity contribution in [1.82, 2.24) is 19.5 Å². The summed E-state index contributed by atoms with van der Waals surface area (Å²) in [7, 11) is 0.106. The molecular formula is C14H15Cl2N4O3P. The molecule has 1 saturated carbocycles. The van der Waals surface area contributed by atoms with E-state index in [0.29, 0.717) is 17.3 Å². The van der Waals surface area contributed by atoms with Gasteiger partial charge in [-0.3, -0.25) is 4.57 Å². The van der Waals surface area contributed by atoms with Crippen molar-refractivity contribution in [1.29, 1.82) is 0 Å². The van der Waals surface area contributed by atoms with Gasteiger partial charge in [-0.1, -0.05) is 11.6 Å². The zero-order valence-electron chi connectivity index (χ0n) is 13.0. The van der Waals surface area contributed by atoms with Crippen LogP contribution in [0.5, 0.6) is 0 Å². The minimum atomic E-state index is -0.674. The van der Waals surface area contributed by atoms with Crippen LogP contribution in [-0.2, 0) is 14.0 Å². The standard InChI is InChI=1S/C14H15Cl2N4O3P/c1-14(2)22-9-6(4-24-21)3-7(10(9)23-14)20-5-17-8-11(15)18-13(16)19-12(8)20/h5-7,9-10H,3-4H2,1-2H3/t6-,7-,9?,10-/m1/s1. The van der Waals surface area contributed by atoms with E-state index in [2.05, 4.69) is 15.0 Å². The molecule has 2 fully saturated rings. The molecule has 128 valence electrons. The van der Waals surface area contributed by atoms with Crippen LogP contribution in [0.15, 0.2) is 6.33 Å². The van der Waals surface area contributed by atoms with E-state index in [1.807, 2.05) is 18.4 Å². The Balaban J connectivity index is 1.77. The minimum Gasteiger partial charge on any atom is -0.344 e. The van der Waals surface area contributed by atoms with E-state index in [1.165, 1.54) is 0 Å². The van der Waals surface area contributed by atoms with E-state index in [0.717, 1.165) is 6.42 Å². The number of halogens is 2. The maximum absolute atomic E-state index is 11.1.